The normalized spacial score (nSPS) is 18.9. The van der Waals surface area contributed by atoms with Crippen LogP contribution in [0.15, 0.2) is 60.7 Å². The highest BCUT2D eigenvalue weighted by Crippen LogP contribution is 2.33. The zero-order valence-electron chi connectivity index (χ0n) is 21.4. The number of hydrogen-bond donors (Lipinski definition) is 3. The van der Waals surface area contributed by atoms with Crippen molar-refractivity contribution in [3.8, 4) is 0 Å². The van der Waals surface area contributed by atoms with Gasteiger partial charge in [0, 0.05) is 5.75 Å². The number of likely N-dealkylation sites (N-methyl/N-ethyl adjacent to an activating group) is 1. The van der Waals surface area contributed by atoms with Gasteiger partial charge >= 0.3 is 5.97 Å². The maximum atomic E-state index is 13.8. The second-order valence-electron chi connectivity index (χ2n) is 9.23. The highest BCUT2D eigenvalue weighted by Gasteiger charge is 2.48. The van der Waals surface area contributed by atoms with Crippen LogP contribution in [-0.2, 0) is 23.9 Å². The molecule has 9 nitrogen and oxygen atoms in total. The van der Waals surface area contributed by atoms with Gasteiger partial charge in [-0.1, -0.05) is 74.5 Å². The number of nitrogens with two attached hydrogens (primary N) is 1. The van der Waals surface area contributed by atoms with E-state index in [-0.39, 0.29) is 17.6 Å². The number of amides is 3. The molecule has 2 aromatic carbocycles. The summed E-state index contributed by atoms with van der Waals surface area (Å²) in [6.45, 7) is 5.23. The van der Waals surface area contributed by atoms with Crippen molar-refractivity contribution in [1.29, 1.82) is 0 Å². The summed E-state index contributed by atoms with van der Waals surface area (Å²) in [6, 6.07) is 16.0. The van der Waals surface area contributed by atoms with Crippen molar-refractivity contribution >= 4 is 35.5 Å². The molecule has 10 heteroatoms. The Balaban J connectivity index is 1.91. The molecule has 1 saturated heterocycles. The Kier molecular flexibility index (Phi) is 9.71. The van der Waals surface area contributed by atoms with Crippen LogP contribution in [0.5, 0.6) is 0 Å². The Morgan fingerprint density at radius 1 is 0.973 bits per heavy atom. The first-order valence-corrected chi connectivity index (χ1v) is 13.2. The molecule has 1 aliphatic rings. The Morgan fingerprint density at radius 3 is 1.97 bits per heavy atom. The Hall–Kier alpha value is -3.37. The van der Waals surface area contributed by atoms with E-state index in [4.69, 9.17) is 10.5 Å². The van der Waals surface area contributed by atoms with E-state index in [0.717, 1.165) is 22.9 Å². The molecule has 3 amide bonds. The monoisotopic (exact) mass is 526 g/mol. The molecule has 0 bridgehead atoms. The summed E-state index contributed by atoms with van der Waals surface area (Å²) in [5, 5.41) is 4.53. The summed E-state index contributed by atoms with van der Waals surface area (Å²) in [4.78, 5) is 53.3. The molecule has 1 fully saturated rings. The van der Waals surface area contributed by atoms with Crippen molar-refractivity contribution in [2.24, 2.45) is 11.7 Å². The van der Waals surface area contributed by atoms with Gasteiger partial charge in [0.1, 0.15) is 12.1 Å². The van der Waals surface area contributed by atoms with E-state index in [2.05, 4.69) is 10.6 Å². The highest BCUT2D eigenvalue weighted by molar-refractivity contribution is 8.00. The predicted octanol–water partition coefficient (Wildman–Crippen LogP) is 1.82. The number of benzene rings is 2. The van der Waals surface area contributed by atoms with Gasteiger partial charge < -0.3 is 26.0 Å². The fourth-order valence-corrected chi connectivity index (χ4v) is 5.28. The first kappa shape index (κ1) is 28.2. The lowest BCUT2D eigenvalue weighted by Gasteiger charge is -2.33. The van der Waals surface area contributed by atoms with Crippen molar-refractivity contribution < 1.29 is 23.9 Å². The van der Waals surface area contributed by atoms with Gasteiger partial charge in [-0.3, -0.25) is 14.4 Å². The van der Waals surface area contributed by atoms with Crippen LogP contribution < -0.4 is 16.4 Å². The molecule has 2 aromatic rings. The third-order valence-electron chi connectivity index (χ3n) is 6.27. The third-order valence-corrected chi connectivity index (χ3v) is 7.55. The van der Waals surface area contributed by atoms with Crippen LogP contribution in [-0.4, -0.2) is 64.9 Å². The first-order valence-electron chi connectivity index (χ1n) is 12.2. The molecule has 1 heterocycles. The molecule has 1 aliphatic heterocycles. The maximum Gasteiger partial charge on any atom is 0.330 e. The van der Waals surface area contributed by atoms with Gasteiger partial charge in [-0.25, -0.2) is 4.79 Å². The minimum atomic E-state index is -1.06. The predicted molar refractivity (Wildman–Crippen MR) is 142 cm³/mol. The average Bonchev–Trinajstić information content (AvgIpc) is 3.36. The number of esters is 1. The van der Waals surface area contributed by atoms with E-state index in [0.29, 0.717) is 0 Å². The zero-order chi connectivity index (χ0) is 27.1. The van der Waals surface area contributed by atoms with Crippen molar-refractivity contribution in [2.75, 3.05) is 12.8 Å². The molecule has 0 aromatic heterocycles. The zero-order valence-corrected chi connectivity index (χ0v) is 22.2. The molecule has 4 atom stereocenters. The molecule has 4 unspecified atom stereocenters. The Labute approximate surface area is 221 Å². The second-order valence-corrected chi connectivity index (χ2v) is 10.3. The number of ether oxygens (including phenoxy) is 1. The largest absolute Gasteiger partial charge is 0.451 e. The summed E-state index contributed by atoms with van der Waals surface area (Å²) in [5.41, 5.74) is 7.15. The topological polar surface area (TPSA) is 131 Å². The van der Waals surface area contributed by atoms with Crippen LogP contribution in [0, 0.1) is 5.92 Å². The molecule has 0 aliphatic carbocycles. The number of nitrogens with zero attached hydrogens (tertiary/aromatic N) is 1. The quantitative estimate of drug-likeness (QED) is 0.403. The smallest absolute Gasteiger partial charge is 0.330 e. The van der Waals surface area contributed by atoms with Gasteiger partial charge in [0.25, 0.3) is 5.91 Å². The number of thioether (sulfide) groups is 1. The van der Waals surface area contributed by atoms with E-state index in [1.54, 1.807) is 27.8 Å². The molecule has 0 saturated carbocycles. The minimum absolute atomic E-state index is 0.139. The van der Waals surface area contributed by atoms with E-state index in [1.165, 1.54) is 4.90 Å². The number of primary amides is 1. The molecule has 0 spiro atoms. The van der Waals surface area contributed by atoms with Gasteiger partial charge in [0.2, 0.25) is 11.8 Å². The van der Waals surface area contributed by atoms with Crippen LogP contribution in [0.4, 0.5) is 0 Å². The number of rotatable bonds is 10. The SMILES string of the molecule is CNC(C)C(=O)NC(C(=O)N1C(C(=O)OC(c2ccccc2)c2ccccc2)CSC1C(N)=O)C(C)C. The maximum absolute atomic E-state index is 13.8. The van der Waals surface area contributed by atoms with Crippen LogP contribution in [0.25, 0.3) is 0 Å². The summed E-state index contributed by atoms with van der Waals surface area (Å²) in [6.07, 6.45) is -0.707. The molecule has 3 rings (SSSR count). The van der Waals surface area contributed by atoms with Crippen molar-refractivity contribution in [2.45, 2.75) is 50.4 Å². The minimum Gasteiger partial charge on any atom is -0.451 e. The molecule has 4 N–H and O–H groups in total. The lowest BCUT2D eigenvalue weighted by atomic mass is 10.0. The third kappa shape index (κ3) is 6.69. The van der Waals surface area contributed by atoms with Crippen LogP contribution in [0.1, 0.15) is 38.0 Å². The van der Waals surface area contributed by atoms with Gasteiger partial charge in [-0.05, 0) is 31.0 Å². The number of carbonyl (C=O) groups is 4. The highest BCUT2D eigenvalue weighted by atomic mass is 32.2. The summed E-state index contributed by atoms with van der Waals surface area (Å²) in [7, 11) is 1.64. The summed E-state index contributed by atoms with van der Waals surface area (Å²) < 4.78 is 6.00. The van der Waals surface area contributed by atoms with Crippen molar-refractivity contribution in [3.05, 3.63) is 71.8 Å². The Morgan fingerprint density at radius 2 is 1.51 bits per heavy atom. The van der Waals surface area contributed by atoms with Gasteiger partial charge in [-0.2, -0.15) is 0 Å². The van der Waals surface area contributed by atoms with E-state index < -0.39 is 47.4 Å². The van der Waals surface area contributed by atoms with E-state index in [1.807, 2.05) is 60.7 Å². The molecular formula is C27H34N4O5S. The standard InChI is InChI=1S/C27H34N4O5S/c1-16(2)21(30-24(33)17(3)29-4)25(34)31-20(15-37-26(31)23(28)32)27(35)36-22(18-11-7-5-8-12-18)19-13-9-6-10-14-19/h5-14,16-17,20-22,26,29H,15H2,1-4H3,(H2,28,32)(H,30,33). The fraction of sp³-hybridized carbons (Fsp3) is 0.407. The van der Waals surface area contributed by atoms with E-state index in [9.17, 15) is 19.2 Å². The van der Waals surface area contributed by atoms with E-state index >= 15 is 0 Å². The lowest BCUT2D eigenvalue weighted by Crippen LogP contribution is -2.59. The van der Waals surface area contributed by atoms with Crippen LogP contribution in [0.3, 0.4) is 0 Å². The molecule has 198 valence electrons. The van der Waals surface area contributed by atoms with Gasteiger partial charge in [0.15, 0.2) is 11.5 Å². The van der Waals surface area contributed by atoms with Gasteiger partial charge in [0.05, 0.1) is 6.04 Å². The fourth-order valence-electron chi connectivity index (χ4n) is 4.04. The van der Waals surface area contributed by atoms with Crippen molar-refractivity contribution in [1.82, 2.24) is 15.5 Å². The summed E-state index contributed by atoms with van der Waals surface area (Å²) >= 11 is 1.11. The average molecular weight is 527 g/mol. The summed E-state index contributed by atoms with van der Waals surface area (Å²) in [5.74, 6) is -2.49. The second kappa shape index (κ2) is 12.7. The van der Waals surface area contributed by atoms with Crippen LogP contribution >= 0.6 is 11.8 Å². The first-order chi connectivity index (χ1) is 17.6. The molecule has 37 heavy (non-hydrogen) atoms. The molecular weight excluding hydrogens is 492 g/mol. The number of nitrogens with one attached hydrogen (secondary N) is 2. The van der Waals surface area contributed by atoms with Crippen molar-refractivity contribution in [3.63, 3.8) is 0 Å². The van der Waals surface area contributed by atoms with Gasteiger partial charge in [-0.15, -0.1) is 11.8 Å². The van der Waals surface area contributed by atoms with Crippen LogP contribution in [0.2, 0.25) is 0 Å². The number of carbonyl (C=O) groups excluding carboxylic acids is 4. The lowest BCUT2D eigenvalue weighted by molar-refractivity contribution is -0.159. The Bertz CT molecular complexity index is 1060. The number of hydrogen-bond acceptors (Lipinski definition) is 7. The molecule has 0 radical (unpaired) electrons.